The Balaban J connectivity index is 1.84. The molecule has 2 heterocycles. The number of pyridine rings is 1. The number of hydrogen-bond donors (Lipinski definition) is 1. The monoisotopic (exact) mass is 391 g/mol. The number of benzene rings is 2. The van der Waals surface area contributed by atoms with E-state index in [-0.39, 0.29) is 0 Å². The lowest BCUT2D eigenvalue weighted by atomic mass is 10.1. The molecule has 2 aromatic carbocycles. The number of aromatic nitrogens is 2. The molecule has 0 saturated heterocycles. The Hall–Kier alpha value is -3.74. The first-order valence-corrected chi connectivity index (χ1v) is 9.04. The molecule has 0 fully saturated rings. The van der Waals surface area contributed by atoms with Crippen LogP contribution in [0.25, 0.3) is 22.4 Å². The zero-order valence-corrected chi connectivity index (χ0v) is 16.6. The molecule has 7 heteroatoms. The van der Waals surface area contributed by atoms with Gasteiger partial charge in [0.15, 0.2) is 11.5 Å². The first-order chi connectivity index (χ1) is 14.1. The van der Waals surface area contributed by atoms with Gasteiger partial charge in [-0.25, -0.2) is 4.98 Å². The van der Waals surface area contributed by atoms with Crippen molar-refractivity contribution in [3.63, 3.8) is 0 Å². The van der Waals surface area contributed by atoms with Crippen molar-refractivity contribution in [3.8, 4) is 28.5 Å². The molecule has 0 bridgehead atoms. The summed E-state index contributed by atoms with van der Waals surface area (Å²) in [4.78, 5) is 4.76. The molecule has 7 nitrogen and oxygen atoms in total. The highest BCUT2D eigenvalue weighted by atomic mass is 16.5. The number of ether oxygens (including phenoxy) is 3. The zero-order valence-electron chi connectivity index (χ0n) is 16.6. The normalized spacial score (nSPS) is 10.8. The number of nitrogens with one attached hydrogen (secondary N) is 1. The van der Waals surface area contributed by atoms with E-state index in [1.165, 1.54) is 0 Å². The van der Waals surface area contributed by atoms with Gasteiger partial charge in [0.05, 0.1) is 32.7 Å². The van der Waals surface area contributed by atoms with E-state index < -0.39 is 0 Å². The molecule has 0 aliphatic rings. The van der Waals surface area contributed by atoms with Crippen molar-refractivity contribution >= 4 is 22.5 Å². The lowest BCUT2D eigenvalue weighted by Crippen LogP contribution is -1.97. The lowest BCUT2D eigenvalue weighted by molar-refractivity contribution is 0.355. The summed E-state index contributed by atoms with van der Waals surface area (Å²) >= 11 is 0. The van der Waals surface area contributed by atoms with Crippen molar-refractivity contribution in [1.29, 1.82) is 0 Å². The fraction of sp³-hybridized carbons (Fsp3) is 0.182. The summed E-state index contributed by atoms with van der Waals surface area (Å²) in [6.45, 7) is 1.87. The van der Waals surface area contributed by atoms with Crippen LogP contribution in [0, 0.1) is 6.92 Å². The van der Waals surface area contributed by atoms with Gasteiger partial charge in [0.25, 0.3) is 0 Å². The van der Waals surface area contributed by atoms with Crippen LogP contribution in [0.5, 0.6) is 17.2 Å². The minimum Gasteiger partial charge on any atom is -0.496 e. The van der Waals surface area contributed by atoms with Gasteiger partial charge >= 0.3 is 0 Å². The van der Waals surface area contributed by atoms with Gasteiger partial charge in [0.2, 0.25) is 5.58 Å². The summed E-state index contributed by atoms with van der Waals surface area (Å²) in [5.41, 5.74) is 5.18. The quantitative estimate of drug-likeness (QED) is 0.497. The Bertz CT molecular complexity index is 1170. The maximum atomic E-state index is 5.54. The van der Waals surface area contributed by atoms with Crippen LogP contribution >= 0.6 is 0 Å². The van der Waals surface area contributed by atoms with Crippen LogP contribution in [0.15, 0.2) is 53.1 Å². The molecule has 0 aliphatic carbocycles. The third-order valence-electron chi connectivity index (χ3n) is 4.64. The predicted octanol–water partition coefficient (Wildman–Crippen LogP) is 4.97. The van der Waals surface area contributed by atoms with E-state index in [1.807, 2.05) is 55.5 Å². The second-order valence-corrected chi connectivity index (χ2v) is 6.40. The summed E-state index contributed by atoms with van der Waals surface area (Å²) in [6.07, 6.45) is 0. The smallest absolute Gasteiger partial charge is 0.208 e. The van der Waals surface area contributed by atoms with Crippen molar-refractivity contribution in [2.75, 3.05) is 26.6 Å². The van der Waals surface area contributed by atoms with E-state index >= 15 is 0 Å². The van der Waals surface area contributed by atoms with E-state index in [0.29, 0.717) is 28.3 Å². The fourth-order valence-electron chi connectivity index (χ4n) is 3.18. The Labute approximate surface area is 168 Å². The molecular weight excluding hydrogens is 370 g/mol. The molecule has 0 unspecified atom stereocenters. The molecular formula is C22H21N3O4. The Kier molecular flexibility index (Phi) is 4.95. The summed E-state index contributed by atoms with van der Waals surface area (Å²) in [5.74, 6) is 2.02. The number of para-hydroxylation sites is 1. The van der Waals surface area contributed by atoms with Gasteiger partial charge in [-0.1, -0.05) is 17.3 Å². The predicted molar refractivity (Wildman–Crippen MR) is 111 cm³/mol. The largest absolute Gasteiger partial charge is 0.496 e. The van der Waals surface area contributed by atoms with Gasteiger partial charge in [-0.3, -0.25) is 0 Å². The number of hydrogen-bond acceptors (Lipinski definition) is 7. The molecule has 1 N–H and O–H groups in total. The van der Waals surface area contributed by atoms with Crippen LogP contribution in [0.1, 0.15) is 5.69 Å². The summed E-state index contributed by atoms with van der Waals surface area (Å²) in [7, 11) is 4.85. The third kappa shape index (κ3) is 3.42. The Morgan fingerprint density at radius 2 is 1.62 bits per heavy atom. The van der Waals surface area contributed by atoms with E-state index in [4.69, 9.17) is 23.7 Å². The molecule has 4 rings (SSSR count). The molecule has 0 amide bonds. The molecule has 0 atom stereocenters. The van der Waals surface area contributed by atoms with Gasteiger partial charge < -0.3 is 24.1 Å². The van der Waals surface area contributed by atoms with Crippen LogP contribution in [0.4, 0.5) is 11.4 Å². The molecule has 0 saturated carbocycles. The van der Waals surface area contributed by atoms with Gasteiger partial charge in [-0.15, -0.1) is 0 Å². The molecule has 29 heavy (non-hydrogen) atoms. The van der Waals surface area contributed by atoms with E-state index in [0.717, 1.165) is 28.4 Å². The SMILES string of the molecule is COc1ccc(Nc2cc(-c3ccccc3OC)nc3c(C)noc23)cc1OC. The van der Waals surface area contributed by atoms with Crippen LogP contribution in [0.2, 0.25) is 0 Å². The van der Waals surface area contributed by atoms with Crippen molar-refractivity contribution in [2.45, 2.75) is 6.92 Å². The van der Waals surface area contributed by atoms with Crippen molar-refractivity contribution in [3.05, 3.63) is 54.2 Å². The van der Waals surface area contributed by atoms with Crippen LogP contribution < -0.4 is 19.5 Å². The molecule has 4 aromatic rings. The summed E-state index contributed by atoms with van der Waals surface area (Å²) < 4.78 is 21.8. The number of anilines is 2. The molecule has 0 radical (unpaired) electrons. The van der Waals surface area contributed by atoms with Crippen molar-refractivity contribution in [1.82, 2.24) is 10.1 Å². The number of aryl methyl sites for hydroxylation is 1. The van der Waals surface area contributed by atoms with Crippen molar-refractivity contribution in [2.24, 2.45) is 0 Å². The zero-order chi connectivity index (χ0) is 20.4. The fourth-order valence-corrected chi connectivity index (χ4v) is 3.18. The standard InChI is InChI=1S/C22H21N3O4/c1-13-21-22(29-25-13)17(23-14-9-10-19(27-3)20(11-14)28-4)12-16(24-21)15-7-5-6-8-18(15)26-2/h5-12H,1-4H3,(H,23,24). The number of nitrogens with zero attached hydrogens (tertiary/aromatic N) is 2. The van der Waals surface area contributed by atoms with E-state index in [9.17, 15) is 0 Å². The van der Waals surface area contributed by atoms with Crippen LogP contribution in [-0.4, -0.2) is 31.5 Å². The molecule has 0 spiro atoms. The highest BCUT2D eigenvalue weighted by Crippen LogP contribution is 2.37. The van der Waals surface area contributed by atoms with Gasteiger partial charge in [0.1, 0.15) is 17.0 Å². The first-order valence-electron chi connectivity index (χ1n) is 9.04. The Morgan fingerprint density at radius 3 is 2.38 bits per heavy atom. The third-order valence-corrected chi connectivity index (χ3v) is 4.64. The van der Waals surface area contributed by atoms with Crippen molar-refractivity contribution < 1.29 is 18.7 Å². The molecule has 148 valence electrons. The van der Waals surface area contributed by atoms with Gasteiger partial charge in [0, 0.05) is 17.3 Å². The summed E-state index contributed by atoms with van der Waals surface area (Å²) in [5, 5.41) is 7.47. The van der Waals surface area contributed by atoms with Gasteiger partial charge in [-0.05, 0) is 37.3 Å². The van der Waals surface area contributed by atoms with Crippen LogP contribution in [-0.2, 0) is 0 Å². The average Bonchev–Trinajstić information content (AvgIpc) is 3.14. The second kappa shape index (κ2) is 7.71. The molecule has 0 aliphatic heterocycles. The first kappa shape index (κ1) is 18.6. The minimum absolute atomic E-state index is 0.580. The topological polar surface area (TPSA) is 78.6 Å². The highest BCUT2D eigenvalue weighted by Gasteiger charge is 2.17. The van der Waals surface area contributed by atoms with E-state index in [1.54, 1.807) is 21.3 Å². The van der Waals surface area contributed by atoms with Gasteiger partial charge in [-0.2, -0.15) is 0 Å². The number of fused-ring (bicyclic) bond motifs is 1. The van der Waals surface area contributed by atoms with E-state index in [2.05, 4.69) is 10.5 Å². The Morgan fingerprint density at radius 1 is 0.862 bits per heavy atom. The number of methoxy groups -OCH3 is 3. The number of rotatable bonds is 6. The highest BCUT2D eigenvalue weighted by molar-refractivity contribution is 5.92. The molecule has 2 aromatic heterocycles. The average molecular weight is 391 g/mol. The summed E-state index contributed by atoms with van der Waals surface area (Å²) in [6, 6.07) is 15.3. The minimum atomic E-state index is 0.580. The maximum Gasteiger partial charge on any atom is 0.208 e. The van der Waals surface area contributed by atoms with Crippen LogP contribution in [0.3, 0.4) is 0 Å². The second-order valence-electron chi connectivity index (χ2n) is 6.40. The lowest BCUT2D eigenvalue weighted by Gasteiger charge is -2.13. The maximum absolute atomic E-state index is 5.54.